The Bertz CT molecular complexity index is 994. The predicted octanol–water partition coefficient (Wildman–Crippen LogP) is 2.44. The molecule has 2 amide bonds. The molecule has 0 spiro atoms. The van der Waals surface area contributed by atoms with Gasteiger partial charge in [-0.1, -0.05) is 0 Å². The zero-order valence-electron chi connectivity index (χ0n) is 15.7. The molecule has 1 saturated carbocycles. The smallest absolute Gasteiger partial charge is 0.414 e. The van der Waals surface area contributed by atoms with E-state index in [1.54, 1.807) is 6.07 Å². The molecule has 152 valence electrons. The van der Waals surface area contributed by atoms with Crippen LogP contribution in [0.5, 0.6) is 0 Å². The summed E-state index contributed by atoms with van der Waals surface area (Å²) in [5.41, 5.74) is 6.23. The molecule has 2 heterocycles. The molecular weight excluding hydrogens is 382 g/mol. The molecule has 1 atom stereocenters. The number of hydrogen-bond acceptors (Lipinski definition) is 5. The summed E-state index contributed by atoms with van der Waals surface area (Å²) in [5.74, 6) is -1.41. The van der Waals surface area contributed by atoms with Crippen molar-refractivity contribution in [1.82, 2.24) is 10.3 Å². The lowest BCUT2D eigenvalue weighted by Crippen LogP contribution is -2.33. The van der Waals surface area contributed by atoms with Crippen molar-refractivity contribution in [3.8, 4) is 11.1 Å². The van der Waals surface area contributed by atoms with Crippen molar-refractivity contribution in [3.63, 3.8) is 0 Å². The van der Waals surface area contributed by atoms with Gasteiger partial charge in [0.25, 0.3) is 0 Å². The van der Waals surface area contributed by atoms with Gasteiger partial charge in [0.1, 0.15) is 17.7 Å². The second-order valence-corrected chi connectivity index (χ2v) is 7.43. The van der Waals surface area contributed by atoms with Crippen LogP contribution in [0.4, 0.5) is 19.3 Å². The number of cyclic esters (lactones) is 1. The van der Waals surface area contributed by atoms with E-state index in [0.717, 1.165) is 0 Å². The van der Waals surface area contributed by atoms with Gasteiger partial charge in [0.2, 0.25) is 5.91 Å². The van der Waals surface area contributed by atoms with Crippen molar-refractivity contribution in [2.24, 2.45) is 5.73 Å². The van der Waals surface area contributed by atoms with E-state index in [1.807, 2.05) is 0 Å². The molecule has 0 bridgehead atoms. The Morgan fingerprint density at radius 3 is 2.72 bits per heavy atom. The van der Waals surface area contributed by atoms with Crippen molar-refractivity contribution in [1.29, 1.82) is 0 Å². The summed E-state index contributed by atoms with van der Waals surface area (Å²) in [5, 5.41) is 2.58. The first-order chi connectivity index (χ1) is 13.8. The minimum absolute atomic E-state index is 0.163. The Balaban J connectivity index is 1.53. The maximum atomic E-state index is 14.7. The zero-order valence-corrected chi connectivity index (χ0v) is 15.7. The molecule has 1 unspecified atom stereocenters. The Morgan fingerprint density at radius 2 is 2.10 bits per heavy atom. The largest absolute Gasteiger partial charge is 0.442 e. The average molecular weight is 402 g/mol. The third-order valence-electron chi connectivity index (χ3n) is 5.13. The summed E-state index contributed by atoms with van der Waals surface area (Å²) < 4.78 is 34.3. The number of halogens is 2. The number of carbonyl (C=O) groups excluding carboxylic acids is 2. The number of anilines is 1. The maximum Gasteiger partial charge on any atom is 0.414 e. The van der Waals surface area contributed by atoms with Crippen LogP contribution in [-0.4, -0.2) is 36.2 Å². The van der Waals surface area contributed by atoms with Crippen LogP contribution in [0.3, 0.4) is 0 Å². The molecule has 7 nitrogen and oxygen atoms in total. The van der Waals surface area contributed by atoms with Crippen LogP contribution in [0.15, 0.2) is 30.5 Å². The molecule has 3 N–H and O–H groups in total. The Kier molecular flexibility index (Phi) is 4.70. The van der Waals surface area contributed by atoms with Gasteiger partial charge >= 0.3 is 6.09 Å². The molecule has 1 aliphatic carbocycles. The second-order valence-electron chi connectivity index (χ2n) is 7.43. The number of nitrogens with one attached hydrogen (secondary N) is 1. The van der Waals surface area contributed by atoms with Crippen LogP contribution < -0.4 is 16.0 Å². The summed E-state index contributed by atoms with van der Waals surface area (Å²) in [6, 6.07) is 5.43. The minimum atomic E-state index is -0.713. The molecule has 1 saturated heterocycles. The molecule has 29 heavy (non-hydrogen) atoms. The Morgan fingerprint density at radius 1 is 1.34 bits per heavy atom. The van der Waals surface area contributed by atoms with Gasteiger partial charge in [-0.3, -0.25) is 14.7 Å². The van der Waals surface area contributed by atoms with Crippen molar-refractivity contribution >= 4 is 17.7 Å². The third-order valence-corrected chi connectivity index (χ3v) is 5.13. The molecular formula is C20H20F2N4O3. The normalized spacial score (nSPS) is 19.8. The van der Waals surface area contributed by atoms with Crippen LogP contribution in [-0.2, 0) is 15.1 Å². The first kappa shape index (κ1) is 19.3. The van der Waals surface area contributed by atoms with Crippen LogP contribution in [0.1, 0.15) is 25.5 Å². The lowest BCUT2D eigenvalue weighted by molar-refractivity contribution is -0.119. The minimum Gasteiger partial charge on any atom is -0.442 e. The van der Waals surface area contributed by atoms with Gasteiger partial charge in [-0.05, 0) is 37.1 Å². The molecule has 2 aliphatic rings. The van der Waals surface area contributed by atoms with E-state index in [-0.39, 0.29) is 35.8 Å². The van der Waals surface area contributed by atoms with Gasteiger partial charge in [0.15, 0.2) is 0 Å². The second kappa shape index (κ2) is 7.07. The quantitative estimate of drug-likeness (QED) is 0.801. The highest BCUT2D eigenvalue weighted by Gasteiger charge is 2.43. The predicted molar refractivity (Wildman–Crippen MR) is 101 cm³/mol. The van der Waals surface area contributed by atoms with E-state index in [2.05, 4.69) is 10.3 Å². The molecule has 1 aliphatic heterocycles. The van der Waals surface area contributed by atoms with Crippen LogP contribution in [0, 0.1) is 11.6 Å². The third kappa shape index (κ3) is 3.77. The molecule has 1 aromatic carbocycles. The van der Waals surface area contributed by atoms with Crippen LogP contribution in [0.25, 0.3) is 11.1 Å². The number of amides is 2. The van der Waals surface area contributed by atoms with Gasteiger partial charge in [0.05, 0.1) is 30.0 Å². The van der Waals surface area contributed by atoms with Gasteiger partial charge in [-0.15, -0.1) is 0 Å². The molecule has 1 aromatic heterocycles. The Hall–Kier alpha value is -3.07. The summed E-state index contributed by atoms with van der Waals surface area (Å²) >= 11 is 0. The number of benzene rings is 1. The number of nitrogens with zero attached hydrogens (tertiary/aromatic N) is 2. The fourth-order valence-electron chi connectivity index (χ4n) is 3.33. The van der Waals surface area contributed by atoms with Crippen molar-refractivity contribution in [3.05, 3.63) is 47.8 Å². The lowest BCUT2D eigenvalue weighted by atomic mass is 10.0. The monoisotopic (exact) mass is 402 g/mol. The number of ether oxygens (including phenoxy) is 1. The van der Waals surface area contributed by atoms with Crippen LogP contribution >= 0.6 is 0 Å². The van der Waals surface area contributed by atoms with Crippen molar-refractivity contribution < 1.29 is 23.1 Å². The molecule has 2 aromatic rings. The molecule has 0 radical (unpaired) electrons. The van der Waals surface area contributed by atoms with E-state index in [0.29, 0.717) is 18.5 Å². The van der Waals surface area contributed by atoms with Gasteiger partial charge in [-0.2, -0.15) is 0 Å². The first-order valence-corrected chi connectivity index (χ1v) is 9.24. The van der Waals surface area contributed by atoms with Gasteiger partial charge in [-0.25, -0.2) is 13.6 Å². The van der Waals surface area contributed by atoms with E-state index in [9.17, 15) is 18.4 Å². The number of carbonyl (C=O) groups is 2. The van der Waals surface area contributed by atoms with Crippen molar-refractivity contribution in [2.75, 3.05) is 18.0 Å². The fourth-order valence-corrected chi connectivity index (χ4v) is 3.33. The summed E-state index contributed by atoms with van der Waals surface area (Å²) in [4.78, 5) is 28.5. The van der Waals surface area contributed by atoms with Gasteiger partial charge in [0, 0.05) is 24.2 Å². The first-order valence-electron chi connectivity index (χ1n) is 9.24. The molecule has 4 rings (SSSR count). The van der Waals surface area contributed by atoms with Crippen molar-refractivity contribution in [2.45, 2.75) is 31.4 Å². The number of aromatic nitrogens is 1. The van der Waals surface area contributed by atoms with Crippen LogP contribution in [0.2, 0.25) is 0 Å². The lowest BCUT2D eigenvalue weighted by Gasteiger charge is -2.15. The number of pyridine rings is 1. The summed E-state index contributed by atoms with van der Waals surface area (Å²) in [6.45, 7) is 1.73. The SMILES string of the molecule is CC(=O)NCC1CN(c2ccc(-c3cnc(C4(N)CC4)c(F)c3)c(F)c2)C(=O)O1. The average Bonchev–Trinajstić information content (AvgIpc) is 3.30. The summed E-state index contributed by atoms with van der Waals surface area (Å²) in [7, 11) is 0. The number of hydrogen-bond donors (Lipinski definition) is 2. The highest BCUT2D eigenvalue weighted by atomic mass is 19.1. The van der Waals surface area contributed by atoms with E-state index in [1.165, 1.54) is 36.2 Å². The van der Waals surface area contributed by atoms with Gasteiger partial charge < -0.3 is 15.8 Å². The van der Waals surface area contributed by atoms with E-state index in [4.69, 9.17) is 10.5 Å². The standard InChI is InChI=1S/C20H20F2N4O3/c1-11(27)24-9-14-10-26(19(28)29-14)13-2-3-15(16(21)7-13)12-6-17(22)18(25-8-12)20(23)4-5-20/h2-3,6-8,14H,4-5,9-10,23H2,1H3,(H,24,27). The van der Waals surface area contributed by atoms with E-state index >= 15 is 0 Å². The fraction of sp³-hybridized carbons (Fsp3) is 0.350. The van der Waals surface area contributed by atoms with E-state index < -0.39 is 29.4 Å². The highest BCUT2D eigenvalue weighted by Crippen LogP contribution is 2.43. The number of nitrogens with two attached hydrogens (primary N) is 1. The topological polar surface area (TPSA) is 97.5 Å². The summed E-state index contributed by atoms with van der Waals surface area (Å²) in [6.07, 6.45) is 1.60. The Labute approximate surface area is 165 Å². The highest BCUT2D eigenvalue weighted by molar-refractivity contribution is 5.90. The molecule has 2 fully saturated rings. The maximum absolute atomic E-state index is 14.7. The molecule has 9 heteroatoms. The zero-order chi connectivity index (χ0) is 20.8. The number of rotatable bonds is 5.